The normalized spacial score (nSPS) is 55.4. The third-order valence-electron chi connectivity index (χ3n) is 12.7. The van der Waals surface area contributed by atoms with Gasteiger partial charge in [0.15, 0.2) is 37.7 Å². The van der Waals surface area contributed by atoms with Crippen LogP contribution in [0, 0.1) is 0 Å². The van der Waals surface area contributed by atoms with E-state index in [9.17, 15) is 91.9 Å². The summed E-state index contributed by atoms with van der Waals surface area (Å²) >= 11 is 0. The van der Waals surface area contributed by atoms with Gasteiger partial charge in [-0.05, 0) is 0 Å². The second-order valence-electron chi connectivity index (χ2n) is 16.8. The fourth-order valence-corrected chi connectivity index (χ4v) is 8.93. The number of hydrogen-bond acceptors (Lipinski definition) is 30. The van der Waals surface area contributed by atoms with E-state index in [2.05, 4.69) is 0 Å². The van der Waals surface area contributed by atoms with Crippen molar-refractivity contribution in [3.63, 3.8) is 0 Å². The van der Waals surface area contributed by atoms with E-state index < -0.39 is 224 Å². The lowest BCUT2D eigenvalue weighted by molar-refractivity contribution is -0.404. The SMILES string of the molecule is OCC1O[C@H]2O[C@@H]3C(CO)O[C@@H](O[C@@H]4C(CO)O[C@H](O[C@@H]5C(CO)O[C@H](O[C@@H]6C(CO)O[C@H](O[C@@H]7C(CO)O[C@H](OC1[C@@H](O)C2O)C(O)C7O)C(O)C6O)C(O)C5O)C(O)C4O)C(O)C3O. The lowest BCUT2D eigenvalue weighted by Gasteiger charge is -2.50. The largest absolute Gasteiger partial charge is 0.394 e. The minimum atomic E-state index is -2.15. The van der Waals surface area contributed by atoms with Gasteiger partial charge in [-0.15, -0.1) is 0 Å². The summed E-state index contributed by atoms with van der Waals surface area (Å²) in [5.74, 6) is 0. The Morgan fingerprint density at radius 1 is 0.182 bits per heavy atom. The minimum Gasteiger partial charge on any atom is -0.394 e. The quantitative estimate of drug-likeness (QED) is 0.117. The van der Waals surface area contributed by atoms with E-state index in [0.29, 0.717) is 0 Å². The third-order valence-corrected chi connectivity index (χ3v) is 12.7. The van der Waals surface area contributed by atoms with E-state index in [1.54, 1.807) is 0 Å². The van der Waals surface area contributed by atoms with Gasteiger partial charge in [0.25, 0.3) is 0 Å². The Hall–Kier alpha value is -1.20. The Morgan fingerprint density at radius 2 is 0.303 bits per heavy atom. The van der Waals surface area contributed by atoms with Crippen molar-refractivity contribution in [1.29, 1.82) is 0 Å². The lowest BCUT2D eigenvalue weighted by Crippen LogP contribution is -2.69. The highest BCUT2D eigenvalue weighted by Gasteiger charge is 2.58. The monoisotopic (exact) mass is 972 g/mol. The van der Waals surface area contributed by atoms with Crippen molar-refractivity contribution in [3.8, 4) is 0 Å². The van der Waals surface area contributed by atoms with Crippen molar-refractivity contribution < 1.29 is 149 Å². The van der Waals surface area contributed by atoms with Crippen LogP contribution in [0.3, 0.4) is 0 Å². The first kappa shape index (κ1) is 52.6. The fourth-order valence-electron chi connectivity index (χ4n) is 8.93. The van der Waals surface area contributed by atoms with Crippen LogP contribution >= 0.6 is 0 Å². The Balaban J connectivity index is 1.19. The van der Waals surface area contributed by atoms with E-state index in [1.165, 1.54) is 0 Å². The number of aliphatic hydroxyl groups is 18. The molecular weight excluding hydrogens is 912 g/mol. The highest BCUT2D eigenvalue weighted by molar-refractivity contribution is 5.01. The van der Waals surface area contributed by atoms with Gasteiger partial charge in [-0.1, -0.05) is 0 Å². The van der Waals surface area contributed by atoms with Gasteiger partial charge in [-0.25, -0.2) is 0 Å². The van der Waals surface area contributed by atoms with Gasteiger partial charge >= 0.3 is 0 Å². The standard InChI is InChI=1S/C36H60O30/c37-1-7-25-13(43)19(49)31(55-7)62-26-8(2-38)57-33(21(51)15(26)45)64-28-10(4-40)59-35(23(53)17(28)47)66-30-12(6-42)60-36(24(54)18(30)48)65-29-11(5-41)58-34(22(52)16(29)46)63-27-9(3-39)56-32(61-25)20(50)14(27)44/h7-54H,1-6H2/t7?,8?,9?,10?,11?,12?,13-,14?,15?,16?,17?,18?,19?,20?,21?,22?,23?,24?,25?,26+,27+,28+,29+,30+,31-,32+,33-,34+,35+,36+/m0/s1. The molecule has 18 N–H and O–H groups in total. The van der Waals surface area contributed by atoms with Crippen LogP contribution < -0.4 is 0 Å². The molecular formula is C36H60O30. The highest BCUT2D eigenvalue weighted by atomic mass is 16.8. The van der Waals surface area contributed by atoms with Gasteiger partial charge in [0.05, 0.1) is 39.6 Å². The Labute approximate surface area is 372 Å². The number of rotatable bonds is 6. The van der Waals surface area contributed by atoms with E-state index >= 15 is 0 Å². The molecule has 22 fully saturated rings. The Bertz CT molecular complexity index is 1230. The zero-order valence-electron chi connectivity index (χ0n) is 34.5. The lowest BCUT2D eigenvalue weighted by atomic mass is 9.94. The smallest absolute Gasteiger partial charge is 0.187 e. The van der Waals surface area contributed by atoms with Crippen LogP contribution in [0.4, 0.5) is 0 Å². The zero-order valence-corrected chi connectivity index (χ0v) is 34.5. The van der Waals surface area contributed by atoms with Crippen LogP contribution in [0.15, 0.2) is 0 Å². The predicted octanol–water partition coefficient (Wildman–Crippen LogP) is -13.1. The van der Waals surface area contributed by atoms with Crippen molar-refractivity contribution in [2.75, 3.05) is 39.6 Å². The molecule has 22 heterocycles. The molecule has 0 radical (unpaired) electrons. The van der Waals surface area contributed by atoms with Crippen molar-refractivity contribution in [1.82, 2.24) is 0 Å². The molecule has 30 nitrogen and oxygen atoms in total. The number of ether oxygens (including phenoxy) is 12. The molecule has 0 aromatic heterocycles. The molecule has 22 saturated heterocycles. The summed E-state index contributed by atoms with van der Waals surface area (Å²) in [6.45, 7) is -5.99. The molecule has 0 aliphatic carbocycles. The third kappa shape index (κ3) is 10.0. The molecule has 22 aliphatic heterocycles. The van der Waals surface area contributed by atoms with E-state index in [0.717, 1.165) is 0 Å². The van der Waals surface area contributed by atoms with Crippen molar-refractivity contribution in [2.24, 2.45) is 0 Å². The first-order valence-corrected chi connectivity index (χ1v) is 21.1. The van der Waals surface area contributed by atoms with Crippen molar-refractivity contribution >= 4 is 0 Å². The highest BCUT2D eigenvalue weighted by Crippen LogP contribution is 2.38. The first-order chi connectivity index (χ1) is 31.4. The topological polar surface area (TPSA) is 475 Å². The molecule has 0 aromatic carbocycles. The maximum absolute atomic E-state index is 11.2. The maximum atomic E-state index is 11.2. The molecule has 66 heavy (non-hydrogen) atoms. The molecule has 0 spiro atoms. The van der Waals surface area contributed by atoms with Crippen molar-refractivity contribution in [3.05, 3.63) is 0 Å². The number of hydrogen-bond donors (Lipinski definition) is 18. The Morgan fingerprint density at radius 3 is 0.409 bits per heavy atom. The first-order valence-electron chi connectivity index (χ1n) is 21.1. The zero-order chi connectivity index (χ0) is 48.0. The van der Waals surface area contributed by atoms with Gasteiger partial charge in [-0.3, -0.25) is 0 Å². The van der Waals surface area contributed by atoms with Crippen LogP contribution in [0.1, 0.15) is 0 Å². The summed E-state index contributed by atoms with van der Waals surface area (Å²) in [4.78, 5) is 0. The summed E-state index contributed by atoms with van der Waals surface area (Å²) in [6.07, 6.45) is -58.5. The average molecular weight is 973 g/mol. The van der Waals surface area contributed by atoms with Crippen LogP contribution in [-0.2, 0) is 56.8 Å². The summed E-state index contributed by atoms with van der Waals surface area (Å²) in [5.41, 5.74) is 0. The second-order valence-corrected chi connectivity index (χ2v) is 16.8. The van der Waals surface area contributed by atoms with Gasteiger partial charge in [-0.2, -0.15) is 0 Å². The maximum Gasteiger partial charge on any atom is 0.187 e. The molecule has 22 rings (SSSR count). The molecule has 384 valence electrons. The Kier molecular flexibility index (Phi) is 17.6. The molecule has 30 atom stereocenters. The summed E-state index contributed by atoms with van der Waals surface area (Å²) < 4.78 is 67.9. The molecule has 18 unspecified atom stereocenters. The average Bonchev–Trinajstić information content (AvgIpc) is 3.31. The van der Waals surface area contributed by atoms with E-state index in [4.69, 9.17) is 56.8 Å². The molecule has 0 saturated carbocycles. The molecule has 22 aliphatic rings. The minimum absolute atomic E-state index is 0.999. The molecule has 12 bridgehead atoms. The van der Waals surface area contributed by atoms with Crippen molar-refractivity contribution in [2.45, 2.75) is 184 Å². The van der Waals surface area contributed by atoms with E-state index in [1.807, 2.05) is 0 Å². The van der Waals surface area contributed by atoms with Gasteiger partial charge < -0.3 is 149 Å². The van der Waals surface area contributed by atoms with E-state index in [-0.39, 0.29) is 0 Å². The van der Waals surface area contributed by atoms with Crippen LogP contribution in [0.2, 0.25) is 0 Å². The summed E-state index contributed by atoms with van der Waals surface area (Å²) in [5, 5.41) is 196. The molecule has 0 aromatic rings. The summed E-state index contributed by atoms with van der Waals surface area (Å²) in [7, 11) is 0. The molecule has 30 heteroatoms. The van der Waals surface area contributed by atoms with Crippen LogP contribution in [-0.4, -0.2) is 316 Å². The fraction of sp³-hybridized carbons (Fsp3) is 1.00. The molecule has 0 amide bonds. The predicted molar refractivity (Wildman–Crippen MR) is 196 cm³/mol. The summed E-state index contributed by atoms with van der Waals surface area (Å²) in [6, 6.07) is 0. The van der Waals surface area contributed by atoms with Gasteiger partial charge in [0, 0.05) is 0 Å². The number of aliphatic hydroxyl groups excluding tert-OH is 18. The second kappa shape index (κ2) is 22.1. The van der Waals surface area contributed by atoms with Gasteiger partial charge in [0.1, 0.15) is 146 Å². The van der Waals surface area contributed by atoms with Crippen LogP contribution in [0.25, 0.3) is 0 Å². The van der Waals surface area contributed by atoms with Gasteiger partial charge in [0.2, 0.25) is 0 Å². The van der Waals surface area contributed by atoms with Crippen LogP contribution in [0.5, 0.6) is 0 Å².